The molecule has 26 heavy (non-hydrogen) atoms. The van der Waals surface area contributed by atoms with Crippen molar-refractivity contribution in [2.45, 2.75) is 19.8 Å². The number of carbonyl (C=O) groups is 1. The van der Waals surface area contributed by atoms with Gasteiger partial charge in [0, 0.05) is 50.6 Å². The molecule has 0 atom stereocenters. The Balaban J connectivity index is 1.84. The summed E-state index contributed by atoms with van der Waals surface area (Å²) in [6, 6.07) is 13.6. The minimum absolute atomic E-state index is 0.0655. The van der Waals surface area contributed by atoms with Crippen LogP contribution < -0.4 is 16.0 Å². The molecule has 1 aromatic heterocycles. The van der Waals surface area contributed by atoms with E-state index in [0.29, 0.717) is 12.1 Å². The number of hydrogen-bond acceptors (Lipinski definition) is 3. The van der Waals surface area contributed by atoms with E-state index in [1.807, 2.05) is 49.4 Å². The first kappa shape index (κ1) is 19.4. The van der Waals surface area contributed by atoms with Crippen LogP contribution in [-0.2, 0) is 12.8 Å². The van der Waals surface area contributed by atoms with Crippen LogP contribution in [0.5, 0.6) is 0 Å². The Labute approximate surface area is 155 Å². The summed E-state index contributed by atoms with van der Waals surface area (Å²) in [6.45, 7) is 4.27. The first-order chi connectivity index (χ1) is 12.7. The normalized spacial score (nSPS) is 11.1. The molecule has 2 aromatic rings. The number of benzene rings is 1. The molecule has 6 heteroatoms. The summed E-state index contributed by atoms with van der Waals surface area (Å²) in [7, 11) is 1.64. The summed E-state index contributed by atoms with van der Waals surface area (Å²) < 4.78 is 0. The van der Waals surface area contributed by atoms with Crippen LogP contribution in [0.2, 0.25) is 0 Å². The van der Waals surface area contributed by atoms with Crippen LogP contribution in [-0.4, -0.2) is 43.5 Å². The van der Waals surface area contributed by atoms with Gasteiger partial charge in [-0.3, -0.25) is 14.8 Å². The Morgan fingerprint density at radius 2 is 2.00 bits per heavy atom. The van der Waals surface area contributed by atoms with E-state index in [1.165, 1.54) is 0 Å². The minimum Gasteiger partial charge on any atom is -0.357 e. The molecule has 0 spiro atoms. The number of pyridine rings is 1. The molecule has 0 unspecified atom stereocenters. The van der Waals surface area contributed by atoms with E-state index < -0.39 is 0 Å². The molecule has 2 rings (SSSR count). The quantitative estimate of drug-likeness (QED) is 0.499. The molecule has 1 amide bonds. The second kappa shape index (κ2) is 10.9. The first-order valence-corrected chi connectivity index (χ1v) is 8.96. The zero-order chi connectivity index (χ0) is 18.6. The topological polar surface area (TPSA) is 78.4 Å². The smallest absolute Gasteiger partial charge is 0.251 e. The number of nitrogens with zero attached hydrogens (tertiary/aromatic N) is 2. The lowest BCUT2D eigenvalue weighted by molar-refractivity contribution is 0.0963. The van der Waals surface area contributed by atoms with Gasteiger partial charge in [-0.25, -0.2) is 0 Å². The molecule has 0 saturated carbocycles. The first-order valence-electron chi connectivity index (χ1n) is 8.96. The van der Waals surface area contributed by atoms with Crippen LogP contribution >= 0.6 is 0 Å². The Hall–Kier alpha value is -2.89. The molecule has 0 radical (unpaired) electrons. The number of amides is 1. The van der Waals surface area contributed by atoms with Gasteiger partial charge in [0.2, 0.25) is 0 Å². The number of rotatable bonds is 8. The molecule has 0 bridgehead atoms. The molecule has 0 fully saturated rings. The predicted octanol–water partition coefficient (Wildman–Crippen LogP) is 1.78. The van der Waals surface area contributed by atoms with Crippen molar-refractivity contribution >= 4 is 11.9 Å². The maximum absolute atomic E-state index is 11.7. The zero-order valence-corrected chi connectivity index (χ0v) is 15.5. The molecule has 138 valence electrons. The van der Waals surface area contributed by atoms with Gasteiger partial charge in [-0.05, 0) is 43.2 Å². The molecule has 1 heterocycles. The van der Waals surface area contributed by atoms with Gasteiger partial charge >= 0.3 is 0 Å². The molecule has 1 aromatic carbocycles. The number of aromatic nitrogens is 1. The molecular weight excluding hydrogens is 326 g/mol. The third-order valence-corrected chi connectivity index (χ3v) is 3.83. The third-order valence-electron chi connectivity index (χ3n) is 3.83. The van der Waals surface area contributed by atoms with Gasteiger partial charge in [0.1, 0.15) is 0 Å². The summed E-state index contributed by atoms with van der Waals surface area (Å²) >= 11 is 0. The van der Waals surface area contributed by atoms with Crippen LogP contribution in [0.4, 0.5) is 0 Å². The summed E-state index contributed by atoms with van der Waals surface area (Å²) in [4.78, 5) is 20.6. The van der Waals surface area contributed by atoms with Crippen molar-refractivity contribution in [3.05, 3.63) is 65.5 Å². The second-order valence-corrected chi connectivity index (χ2v) is 5.79. The molecule has 0 aliphatic rings. The lowest BCUT2D eigenvalue weighted by Crippen LogP contribution is -2.38. The molecule has 0 aliphatic carbocycles. The lowest BCUT2D eigenvalue weighted by atomic mass is 10.1. The van der Waals surface area contributed by atoms with Crippen LogP contribution in [0, 0.1) is 0 Å². The van der Waals surface area contributed by atoms with Crippen molar-refractivity contribution in [2.24, 2.45) is 4.99 Å². The van der Waals surface area contributed by atoms with Crippen molar-refractivity contribution < 1.29 is 4.79 Å². The molecule has 3 N–H and O–H groups in total. The average molecular weight is 353 g/mol. The maximum atomic E-state index is 11.7. The summed E-state index contributed by atoms with van der Waals surface area (Å²) in [5, 5.41) is 9.23. The van der Waals surface area contributed by atoms with Gasteiger partial charge in [0.15, 0.2) is 5.96 Å². The molecule has 0 aliphatic heterocycles. The van der Waals surface area contributed by atoms with Gasteiger partial charge in [0.25, 0.3) is 5.91 Å². The highest BCUT2D eigenvalue weighted by Gasteiger charge is 2.04. The SMILES string of the molecule is CCNC(=NCCc1ccccn1)NCCc1cccc(C(=O)NC)c1. The van der Waals surface area contributed by atoms with Crippen LogP contribution in [0.15, 0.2) is 53.7 Å². The minimum atomic E-state index is -0.0655. The maximum Gasteiger partial charge on any atom is 0.251 e. The number of carbonyl (C=O) groups excluding carboxylic acids is 1. The second-order valence-electron chi connectivity index (χ2n) is 5.79. The zero-order valence-electron chi connectivity index (χ0n) is 15.5. The summed E-state index contributed by atoms with van der Waals surface area (Å²) in [6.07, 6.45) is 3.43. The average Bonchev–Trinajstić information content (AvgIpc) is 2.68. The summed E-state index contributed by atoms with van der Waals surface area (Å²) in [5.74, 6) is 0.732. The number of nitrogens with one attached hydrogen (secondary N) is 3. The van der Waals surface area contributed by atoms with E-state index in [4.69, 9.17) is 0 Å². The van der Waals surface area contributed by atoms with Gasteiger partial charge in [-0.15, -0.1) is 0 Å². The summed E-state index contributed by atoms with van der Waals surface area (Å²) in [5.41, 5.74) is 2.84. The van der Waals surface area contributed by atoms with E-state index in [1.54, 1.807) is 13.2 Å². The Bertz CT molecular complexity index is 715. The monoisotopic (exact) mass is 353 g/mol. The fourth-order valence-electron chi connectivity index (χ4n) is 2.51. The Morgan fingerprint density at radius 1 is 1.12 bits per heavy atom. The third kappa shape index (κ3) is 6.55. The fourth-order valence-corrected chi connectivity index (χ4v) is 2.51. The van der Waals surface area contributed by atoms with Crippen LogP contribution in [0.25, 0.3) is 0 Å². The predicted molar refractivity (Wildman–Crippen MR) is 105 cm³/mol. The van der Waals surface area contributed by atoms with E-state index >= 15 is 0 Å². The van der Waals surface area contributed by atoms with E-state index in [0.717, 1.165) is 43.1 Å². The van der Waals surface area contributed by atoms with Crippen molar-refractivity contribution in [3.63, 3.8) is 0 Å². The van der Waals surface area contributed by atoms with Crippen molar-refractivity contribution in [1.29, 1.82) is 0 Å². The van der Waals surface area contributed by atoms with Crippen molar-refractivity contribution in [3.8, 4) is 0 Å². The van der Waals surface area contributed by atoms with E-state index in [9.17, 15) is 4.79 Å². The van der Waals surface area contributed by atoms with E-state index in [2.05, 4.69) is 25.9 Å². The fraction of sp³-hybridized carbons (Fsp3) is 0.350. The van der Waals surface area contributed by atoms with Gasteiger partial charge in [-0.2, -0.15) is 0 Å². The number of hydrogen-bond donors (Lipinski definition) is 3. The largest absolute Gasteiger partial charge is 0.357 e. The van der Waals surface area contributed by atoms with Crippen LogP contribution in [0.3, 0.4) is 0 Å². The van der Waals surface area contributed by atoms with Gasteiger partial charge in [0.05, 0.1) is 0 Å². The standard InChI is InChI=1S/C20H27N5O/c1-3-22-20(25-14-11-18-9-4-5-12-23-18)24-13-10-16-7-6-8-17(15-16)19(26)21-2/h4-9,12,15H,3,10-11,13-14H2,1-2H3,(H,21,26)(H2,22,24,25). The number of guanidine groups is 1. The van der Waals surface area contributed by atoms with Gasteiger partial charge in [-0.1, -0.05) is 18.2 Å². The molecule has 6 nitrogen and oxygen atoms in total. The lowest BCUT2D eigenvalue weighted by Gasteiger charge is -2.11. The van der Waals surface area contributed by atoms with Gasteiger partial charge < -0.3 is 16.0 Å². The van der Waals surface area contributed by atoms with Crippen molar-refractivity contribution in [1.82, 2.24) is 20.9 Å². The van der Waals surface area contributed by atoms with Crippen molar-refractivity contribution in [2.75, 3.05) is 26.7 Å². The molecule has 0 saturated heterocycles. The molecular formula is C20H27N5O. The highest BCUT2D eigenvalue weighted by atomic mass is 16.1. The number of aliphatic imine (C=N–C) groups is 1. The highest BCUT2D eigenvalue weighted by molar-refractivity contribution is 5.94. The highest BCUT2D eigenvalue weighted by Crippen LogP contribution is 2.05. The Morgan fingerprint density at radius 3 is 2.73 bits per heavy atom. The van der Waals surface area contributed by atoms with E-state index in [-0.39, 0.29) is 5.91 Å². The van der Waals surface area contributed by atoms with Crippen LogP contribution in [0.1, 0.15) is 28.5 Å². The Kier molecular flexibility index (Phi) is 8.12.